The van der Waals surface area contributed by atoms with Gasteiger partial charge in [0.1, 0.15) is 5.82 Å². The number of nitrogens with one attached hydrogen (secondary N) is 2. The van der Waals surface area contributed by atoms with Crippen LogP contribution in [0.15, 0.2) is 85.1 Å². The van der Waals surface area contributed by atoms with E-state index >= 15 is 0 Å². The van der Waals surface area contributed by atoms with Crippen LogP contribution < -0.4 is 5.32 Å². The number of H-pyrrole nitrogens is 1. The number of hydrogen-bond donors (Lipinski definition) is 2. The molecule has 0 saturated carbocycles. The van der Waals surface area contributed by atoms with Crippen LogP contribution in [0.4, 0.5) is 0 Å². The molecule has 1 unspecified atom stereocenters. The summed E-state index contributed by atoms with van der Waals surface area (Å²) in [6, 6.07) is 23.3. The summed E-state index contributed by atoms with van der Waals surface area (Å²) in [5, 5.41) is 2.90. The third kappa shape index (κ3) is 3.99. The highest BCUT2D eigenvalue weighted by atomic mass is 16.2. The van der Waals surface area contributed by atoms with Crippen molar-refractivity contribution in [2.24, 2.45) is 0 Å². The van der Waals surface area contributed by atoms with Crippen molar-refractivity contribution in [3.63, 3.8) is 0 Å². The van der Waals surface area contributed by atoms with Crippen molar-refractivity contribution in [1.29, 1.82) is 0 Å². The van der Waals surface area contributed by atoms with E-state index in [1.807, 2.05) is 67.6 Å². The summed E-state index contributed by atoms with van der Waals surface area (Å²) in [5.74, 6) is -0.485. The lowest BCUT2D eigenvalue weighted by atomic mass is 10.1. The van der Waals surface area contributed by atoms with Crippen LogP contribution in [-0.4, -0.2) is 32.6 Å². The first-order chi connectivity index (χ1) is 16.5. The second-order valence-electron chi connectivity index (χ2n) is 8.19. The number of hydrogen-bond acceptors (Lipinski definition) is 4. The Morgan fingerprint density at radius 3 is 2.35 bits per heavy atom. The first kappa shape index (κ1) is 21.3. The van der Waals surface area contributed by atoms with E-state index in [9.17, 15) is 14.4 Å². The maximum absolute atomic E-state index is 12.9. The molecule has 1 atom stereocenters. The fraction of sp³-hybridized carbons (Fsp3) is 0.111. The van der Waals surface area contributed by atoms with E-state index in [0.717, 1.165) is 16.8 Å². The van der Waals surface area contributed by atoms with Gasteiger partial charge < -0.3 is 10.3 Å². The van der Waals surface area contributed by atoms with Gasteiger partial charge in [0.25, 0.3) is 17.7 Å². The predicted molar refractivity (Wildman–Crippen MR) is 127 cm³/mol. The molecule has 1 aromatic heterocycles. The van der Waals surface area contributed by atoms with Crippen LogP contribution in [0.1, 0.15) is 55.4 Å². The summed E-state index contributed by atoms with van der Waals surface area (Å²) in [7, 11) is 0. The molecule has 2 N–H and O–H groups in total. The molecule has 0 saturated heterocycles. The number of nitrogens with zero attached hydrogens (tertiary/aromatic N) is 2. The maximum Gasteiger partial charge on any atom is 0.261 e. The first-order valence-corrected chi connectivity index (χ1v) is 11.0. The number of imidazole rings is 1. The number of amides is 3. The van der Waals surface area contributed by atoms with Gasteiger partial charge >= 0.3 is 0 Å². The van der Waals surface area contributed by atoms with Crippen LogP contribution in [0.25, 0.3) is 11.3 Å². The summed E-state index contributed by atoms with van der Waals surface area (Å²) in [6.07, 6.45) is 1.73. The second kappa shape index (κ2) is 8.78. The molecule has 5 rings (SSSR count). The Balaban J connectivity index is 1.30. The van der Waals surface area contributed by atoms with E-state index in [4.69, 9.17) is 0 Å². The average molecular weight is 450 g/mol. The van der Waals surface area contributed by atoms with Gasteiger partial charge in [0.2, 0.25) is 0 Å². The van der Waals surface area contributed by atoms with Gasteiger partial charge in [-0.15, -0.1) is 0 Å². The van der Waals surface area contributed by atoms with Gasteiger partial charge in [-0.05, 0) is 36.2 Å². The minimum Gasteiger partial charge on any atom is -0.342 e. The summed E-state index contributed by atoms with van der Waals surface area (Å²) in [5.41, 5.74) is 3.58. The normalized spacial score (nSPS) is 13.6. The highest BCUT2D eigenvalue weighted by Crippen LogP contribution is 2.26. The Labute approximate surface area is 196 Å². The number of benzene rings is 3. The average Bonchev–Trinajstić information content (AvgIpc) is 3.45. The molecule has 0 radical (unpaired) electrons. The summed E-state index contributed by atoms with van der Waals surface area (Å²) < 4.78 is 0. The molecule has 1 aliphatic rings. The third-order valence-electron chi connectivity index (χ3n) is 5.85. The van der Waals surface area contributed by atoms with Crippen LogP contribution in [0.5, 0.6) is 0 Å². The first-order valence-electron chi connectivity index (χ1n) is 11.0. The zero-order valence-electron chi connectivity index (χ0n) is 18.5. The van der Waals surface area contributed by atoms with E-state index in [2.05, 4.69) is 15.3 Å². The zero-order chi connectivity index (χ0) is 23.7. The Morgan fingerprint density at radius 1 is 0.941 bits per heavy atom. The Morgan fingerprint density at radius 2 is 1.62 bits per heavy atom. The molecule has 168 valence electrons. The number of fused-ring (bicyclic) bond motifs is 1. The van der Waals surface area contributed by atoms with Crippen LogP contribution in [0.2, 0.25) is 0 Å². The Hall–Kier alpha value is -4.52. The van der Waals surface area contributed by atoms with Crippen molar-refractivity contribution in [2.75, 3.05) is 0 Å². The van der Waals surface area contributed by atoms with Crippen LogP contribution in [-0.2, 0) is 6.54 Å². The summed E-state index contributed by atoms with van der Waals surface area (Å²) in [4.78, 5) is 47.4. The molecule has 0 spiro atoms. The number of rotatable bonds is 6. The molecular weight excluding hydrogens is 428 g/mol. The van der Waals surface area contributed by atoms with Gasteiger partial charge in [0, 0.05) is 5.56 Å². The zero-order valence-corrected chi connectivity index (χ0v) is 18.5. The maximum atomic E-state index is 12.9. The van der Waals surface area contributed by atoms with E-state index in [-0.39, 0.29) is 30.0 Å². The second-order valence-corrected chi connectivity index (χ2v) is 8.19. The molecule has 7 heteroatoms. The molecular formula is C27H22N4O3. The molecule has 0 aliphatic carbocycles. The smallest absolute Gasteiger partial charge is 0.261 e. The minimum absolute atomic E-state index is 0.188. The molecule has 2 heterocycles. The fourth-order valence-electron chi connectivity index (χ4n) is 4.01. The van der Waals surface area contributed by atoms with Crippen LogP contribution in [0, 0.1) is 0 Å². The van der Waals surface area contributed by atoms with Crippen molar-refractivity contribution in [3.8, 4) is 11.3 Å². The number of imide groups is 1. The van der Waals surface area contributed by atoms with Crippen molar-refractivity contribution in [1.82, 2.24) is 20.2 Å². The van der Waals surface area contributed by atoms with E-state index in [1.54, 1.807) is 18.3 Å². The van der Waals surface area contributed by atoms with Gasteiger partial charge in [-0.3, -0.25) is 19.3 Å². The SMILES string of the molecule is CC(NC(=O)c1ccc2c(c1)C(=O)N(Cc1ccccc1)C2=O)c1ncc(-c2ccccc2)[nH]1. The van der Waals surface area contributed by atoms with Gasteiger partial charge in [-0.25, -0.2) is 4.98 Å². The minimum atomic E-state index is -0.398. The number of aromatic amines is 1. The number of carbonyl (C=O) groups is 3. The summed E-state index contributed by atoms with van der Waals surface area (Å²) >= 11 is 0. The highest BCUT2D eigenvalue weighted by molar-refractivity contribution is 6.22. The predicted octanol–water partition coefficient (Wildman–Crippen LogP) is 4.36. The molecule has 34 heavy (non-hydrogen) atoms. The van der Waals surface area contributed by atoms with Gasteiger partial charge in [-0.2, -0.15) is 0 Å². The fourth-order valence-corrected chi connectivity index (χ4v) is 4.01. The van der Waals surface area contributed by atoms with E-state index < -0.39 is 5.91 Å². The number of carbonyl (C=O) groups excluding carboxylic acids is 3. The van der Waals surface area contributed by atoms with Crippen LogP contribution >= 0.6 is 0 Å². The number of aromatic nitrogens is 2. The molecule has 0 fully saturated rings. The van der Waals surface area contributed by atoms with Gasteiger partial charge in [-0.1, -0.05) is 60.7 Å². The van der Waals surface area contributed by atoms with E-state index in [1.165, 1.54) is 11.0 Å². The third-order valence-corrected chi connectivity index (χ3v) is 5.85. The lowest BCUT2D eigenvalue weighted by Gasteiger charge is -2.13. The summed E-state index contributed by atoms with van der Waals surface area (Å²) in [6.45, 7) is 2.02. The van der Waals surface area contributed by atoms with Gasteiger partial charge in [0.05, 0.1) is 35.6 Å². The lowest BCUT2D eigenvalue weighted by Crippen LogP contribution is -2.29. The standard InChI is InChI=1S/C27H22N4O3/c1-17(24-28-15-23(30-24)19-10-6-3-7-11-19)29-25(32)20-12-13-21-22(14-20)27(34)31(26(21)33)16-18-8-4-2-5-9-18/h2-15,17H,16H2,1H3,(H,28,30)(H,29,32). The lowest BCUT2D eigenvalue weighted by molar-refractivity contribution is 0.0642. The molecule has 1 aliphatic heterocycles. The molecule has 7 nitrogen and oxygen atoms in total. The van der Waals surface area contributed by atoms with Crippen LogP contribution in [0.3, 0.4) is 0 Å². The Bertz CT molecular complexity index is 1380. The molecule has 3 aromatic carbocycles. The van der Waals surface area contributed by atoms with Crippen molar-refractivity contribution < 1.29 is 14.4 Å². The highest BCUT2D eigenvalue weighted by Gasteiger charge is 2.36. The van der Waals surface area contributed by atoms with E-state index in [0.29, 0.717) is 17.0 Å². The molecule has 3 amide bonds. The molecule has 4 aromatic rings. The quantitative estimate of drug-likeness (QED) is 0.427. The van der Waals surface area contributed by atoms with Gasteiger partial charge in [0.15, 0.2) is 0 Å². The monoisotopic (exact) mass is 450 g/mol. The topological polar surface area (TPSA) is 95.2 Å². The molecule has 0 bridgehead atoms. The van der Waals surface area contributed by atoms with Crippen molar-refractivity contribution in [3.05, 3.63) is 113 Å². The van der Waals surface area contributed by atoms with Crippen molar-refractivity contribution >= 4 is 17.7 Å². The Kier molecular flexibility index (Phi) is 5.51. The van der Waals surface area contributed by atoms with Crippen molar-refractivity contribution in [2.45, 2.75) is 19.5 Å². The largest absolute Gasteiger partial charge is 0.342 e.